The Morgan fingerprint density at radius 2 is 1.75 bits per heavy atom. The summed E-state index contributed by atoms with van der Waals surface area (Å²) in [6.45, 7) is 9.16. The van der Waals surface area contributed by atoms with Gasteiger partial charge in [0.1, 0.15) is 5.75 Å². The fraction of sp³-hybridized carbons (Fsp3) is 0.412. The van der Waals surface area contributed by atoms with Gasteiger partial charge >= 0.3 is 5.97 Å². The highest BCUT2D eigenvalue weighted by Gasteiger charge is 2.14. The van der Waals surface area contributed by atoms with E-state index in [0.717, 1.165) is 11.1 Å². The van der Waals surface area contributed by atoms with Crippen molar-refractivity contribution in [3.05, 3.63) is 35.4 Å². The summed E-state index contributed by atoms with van der Waals surface area (Å²) in [7, 11) is 0. The van der Waals surface area contributed by atoms with Gasteiger partial charge < -0.3 is 4.74 Å². The maximum absolute atomic E-state index is 11.7. The quantitative estimate of drug-likeness (QED) is 0.466. The molecule has 0 aliphatic rings. The van der Waals surface area contributed by atoms with E-state index in [1.807, 2.05) is 39.0 Å². The summed E-state index contributed by atoms with van der Waals surface area (Å²) in [5, 5.41) is 0. The summed E-state index contributed by atoms with van der Waals surface area (Å²) in [6.07, 6.45) is 3.24. The third-order valence-electron chi connectivity index (χ3n) is 2.91. The number of carbonyl (C=O) groups excluding carboxylic acids is 2. The van der Waals surface area contributed by atoms with Crippen LogP contribution in [-0.2, 0) is 9.59 Å². The van der Waals surface area contributed by atoms with Crippen LogP contribution in [0.15, 0.2) is 24.3 Å². The number of allylic oxidation sites excluding steroid dienone is 1. The minimum Gasteiger partial charge on any atom is -0.425 e. The molecule has 0 aliphatic carbocycles. The summed E-state index contributed by atoms with van der Waals surface area (Å²) in [4.78, 5) is 23.4. The van der Waals surface area contributed by atoms with Gasteiger partial charge in [-0.15, -0.1) is 0 Å². The van der Waals surface area contributed by atoms with Gasteiger partial charge in [-0.05, 0) is 24.6 Å². The molecule has 0 saturated carbocycles. The molecule has 1 rings (SSSR count). The normalized spacial score (nSPS) is 11.3. The number of carbonyl (C=O) groups is 2. The van der Waals surface area contributed by atoms with E-state index < -0.39 is 0 Å². The van der Waals surface area contributed by atoms with Gasteiger partial charge in [-0.1, -0.05) is 45.9 Å². The second-order valence-corrected chi connectivity index (χ2v) is 5.46. The van der Waals surface area contributed by atoms with Crippen LogP contribution < -0.4 is 4.74 Å². The minimum atomic E-state index is -0.274. The van der Waals surface area contributed by atoms with Crippen molar-refractivity contribution in [2.45, 2.75) is 34.6 Å². The molecule has 0 spiro atoms. The number of hydrogen-bond donors (Lipinski definition) is 0. The Kier molecular flexibility index (Phi) is 5.68. The summed E-state index contributed by atoms with van der Waals surface area (Å²) in [5.41, 5.74) is 1.62. The lowest BCUT2D eigenvalue weighted by atomic mass is 10.1. The Bertz CT molecular complexity index is 525. The van der Waals surface area contributed by atoms with Gasteiger partial charge in [0.05, 0.1) is 5.92 Å². The molecule has 0 atom stereocenters. The lowest BCUT2D eigenvalue weighted by Crippen LogP contribution is -2.16. The van der Waals surface area contributed by atoms with Crippen molar-refractivity contribution in [2.24, 2.45) is 11.8 Å². The average Bonchev–Trinajstić information content (AvgIpc) is 2.38. The maximum Gasteiger partial charge on any atom is 0.313 e. The predicted molar refractivity (Wildman–Crippen MR) is 80.5 cm³/mol. The summed E-state index contributed by atoms with van der Waals surface area (Å²) in [5.74, 6) is 0.0669. The number of ketones is 1. The monoisotopic (exact) mass is 274 g/mol. The lowest BCUT2D eigenvalue weighted by molar-refractivity contribution is -0.137. The summed E-state index contributed by atoms with van der Waals surface area (Å²) in [6, 6.07) is 5.59. The zero-order chi connectivity index (χ0) is 15.3. The first-order valence-electron chi connectivity index (χ1n) is 6.86. The molecule has 108 valence electrons. The Hall–Kier alpha value is -1.90. The number of ether oxygens (including phenoxy) is 1. The van der Waals surface area contributed by atoms with Crippen LogP contribution in [0.1, 0.15) is 38.8 Å². The average molecular weight is 274 g/mol. The largest absolute Gasteiger partial charge is 0.425 e. The van der Waals surface area contributed by atoms with Crippen molar-refractivity contribution in [3.8, 4) is 5.75 Å². The van der Waals surface area contributed by atoms with Crippen LogP contribution in [0.5, 0.6) is 5.75 Å². The molecule has 0 amide bonds. The van der Waals surface area contributed by atoms with Crippen molar-refractivity contribution in [1.82, 2.24) is 0 Å². The highest BCUT2D eigenvalue weighted by molar-refractivity contribution is 5.95. The molecule has 0 fully saturated rings. The van der Waals surface area contributed by atoms with E-state index in [1.165, 1.54) is 6.08 Å². The van der Waals surface area contributed by atoms with Gasteiger partial charge in [-0.3, -0.25) is 9.59 Å². The molecule has 0 aliphatic heterocycles. The Labute approximate surface area is 120 Å². The van der Waals surface area contributed by atoms with Crippen molar-refractivity contribution in [3.63, 3.8) is 0 Å². The molecular weight excluding hydrogens is 252 g/mol. The van der Waals surface area contributed by atoms with Gasteiger partial charge in [0.15, 0.2) is 5.78 Å². The van der Waals surface area contributed by atoms with E-state index >= 15 is 0 Å². The fourth-order valence-electron chi connectivity index (χ4n) is 1.53. The zero-order valence-electron chi connectivity index (χ0n) is 12.8. The molecular formula is C17H22O3. The van der Waals surface area contributed by atoms with E-state index in [2.05, 4.69) is 0 Å². The third-order valence-corrected chi connectivity index (χ3v) is 2.91. The Morgan fingerprint density at radius 3 is 2.30 bits per heavy atom. The number of aryl methyl sites for hydroxylation is 1. The maximum atomic E-state index is 11.7. The van der Waals surface area contributed by atoms with Crippen LogP contribution in [0.25, 0.3) is 6.08 Å². The highest BCUT2D eigenvalue weighted by atomic mass is 16.5. The second-order valence-electron chi connectivity index (χ2n) is 5.46. The zero-order valence-corrected chi connectivity index (χ0v) is 12.8. The van der Waals surface area contributed by atoms with E-state index in [1.54, 1.807) is 19.9 Å². The minimum absolute atomic E-state index is 0.0438. The topological polar surface area (TPSA) is 43.4 Å². The Balaban J connectivity index is 3.05. The number of hydrogen-bond acceptors (Lipinski definition) is 3. The van der Waals surface area contributed by atoms with E-state index in [-0.39, 0.29) is 23.6 Å². The van der Waals surface area contributed by atoms with E-state index in [4.69, 9.17) is 4.74 Å². The molecule has 1 aromatic rings. The van der Waals surface area contributed by atoms with Gasteiger partial charge in [0.2, 0.25) is 0 Å². The molecule has 0 bridgehead atoms. The van der Waals surface area contributed by atoms with Crippen LogP contribution >= 0.6 is 0 Å². The molecule has 20 heavy (non-hydrogen) atoms. The molecule has 0 unspecified atom stereocenters. The van der Waals surface area contributed by atoms with Gasteiger partial charge in [-0.2, -0.15) is 0 Å². The van der Waals surface area contributed by atoms with Crippen LogP contribution in [0, 0.1) is 18.8 Å². The first-order valence-corrected chi connectivity index (χ1v) is 6.86. The fourth-order valence-corrected chi connectivity index (χ4v) is 1.53. The van der Waals surface area contributed by atoms with Crippen LogP contribution in [0.4, 0.5) is 0 Å². The van der Waals surface area contributed by atoms with Crippen LogP contribution in [0.3, 0.4) is 0 Å². The molecule has 3 heteroatoms. The smallest absolute Gasteiger partial charge is 0.313 e. The predicted octanol–water partition coefficient (Wildman–Crippen LogP) is 3.79. The molecule has 0 aromatic heterocycles. The molecule has 3 nitrogen and oxygen atoms in total. The molecule has 0 saturated heterocycles. The summed E-state index contributed by atoms with van der Waals surface area (Å²) >= 11 is 0. The SMILES string of the molecule is Cc1cccc(/C=C\C(=O)C(C)C)c1OC(=O)C(C)C. The van der Waals surface area contributed by atoms with Crippen LogP contribution in [-0.4, -0.2) is 11.8 Å². The molecule has 0 N–H and O–H groups in total. The first-order chi connectivity index (χ1) is 9.32. The van der Waals surface area contributed by atoms with Crippen molar-refractivity contribution < 1.29 is 14.3 Å². The van der Waals surface area contributed by atoms with Crippen molar-refractivity contribution >= 4 is 17.8 Å². The Morgan fingerprint density at radius 1 is 1.10 bits per heavy atom. The number of para-hydroxylation sites is 1. The van der Waals surface area contributed by atoms with Crippen molar-refractivity contribution in [1.29, 1.82) is 0 Å². The second kappa shape index (κ2) is 7.04. The molecule has 0 radical (unpaired) electrons. The van der Waals surface area contributed by atoms with E-state index in [9.17, 15) is 9.59 Å². The first kappa shape index (κ1) is 16.2. The number of benzene rings is 1. The van der Waals surface area contributed by atoms with Gasteiger partial charge in [0.25, 0.3) is 0 Å². The molecule has 0 heterocycles. The van der Waals surface area contributed by atoms with Gasteiger partial charge in [0, 0.05) is 11.5 Å². The number of esters is 1. The standard InChI is InChI=1S/C17H22O3/c1-11(2)15(18)10-9-14-8-6-7-13(5)16(14)20-17(19)12(3)4/h6-12H,1-5H3/b10-9-. The third kappa shape index (κ3) is 4.34. The highest BCUT2D eigenvalue weighted by Crippen LogP contribution is 2.25. The molecule has 1 aromatic carbocycles. The van der Waals surface area contributed by atoms with Crippen LogP contribution in [0.2, 0.25) is 0 Å². The van der Waals surface area contributed by atoms with Crippen molar-refractivity contribution in [2.75, 3.05) is 0 Å². The lowest BCUT2D eigenvalue weighted by Gasteiger charge is -2.12. The number of rotatable bonds is 5. The van der Waals surface area contributed by atoms with E-state index in [0.29, 0.717) is 5.75 Å². The van der Waals surface area contributed by atoms with Gasteiger partial charge in [-0.25, -0.2) is 0 Å². The summed E-state index contributed by atoms with van der Waals surface area (Å²) < 4.78 is 5.43.